The zero-order valence-electron chi connectivity index (χ0n) is 21.2. The lowest BCUT2D eigenvalue weighted by Gasteiger charge is -2.26. The number of likely N-dealkylation sites (N-methyl/N-ethyl adjacent to an activating group) is 2. The highest BCUT2D eigenvalue weighted by atomic mass is 35.5. The number of rotatable bonds is 12. The first-order chi connectivity index (χ1) is 17.8. The minimum Gasteiger partial charge on any atom is -0.465 e. The molecular formula is C27H35ClFN3O5. The Labute approximate surface area is 222 Å². The summed E-state index contributed by atoms with van der Waals surface area (Å²) in [6.45, 7) is 2.09. The quantitative estimate of drug-likeness (QED) is 0.374. The first kappa shape index (κ1) is 28.8. The minimum atomic E-state index is -1.07. The highest BCUT2D eigenvalue weighted by molar-refractivity contribution is 6.30. The van der Waals surface area contributed by atoms with Gasteiger partial charge in [0.25, 0.3) is 5.91 Å². The zero-order chi connectivity index (χ0) is 26.8. The minimum absolute atomic E-state index is 0.0376. The molecule has 3 atom stereocenters. The van der Waals surface area contributed by atoms with Gasteiger partial charge in [0, 0.05) is 44.4 Å². The fraction of sp³-hybridized carbons (Fsp3) is 0.481. The second kappa shape index (κ2) is 14.3. The van der Waals surface area contributed by atoms with E-state index in [2.05, 4.69) is 10.6 Å². The number of benzene rings is 2. The number of carbonyl (C=O) groups is 2. The molecule has 10 heteroatoms. The van der Waals surface area contributed by atoms with Gasteiger partial charge in [-0.1, -0.05) is 29.8 Å². The molecule has 0 bridgehead atoms. The molecule has 0 radical (unpaired) electrons. The van der Waals surface area contributed by atoms with E-state index in [0.717, 1.165) is 37.4 Å². The van der Waals surface area contributed by atoms with E-state index < -0.39 is 23.9 Å². The van der Waals surface area contributed by atoms with Crippen molar-refractivity contribution in [1.29, 1.82) is 0 Å². The molecule has 0 spiro atoms. The molecule has 3 unspecified atom stereocenters. The van der Waals surface area contributed by atoms with E-state index >= 15 is 0 Å². The van der Waals surface area contributed by atoms with Gasteiger partial charge >= 0.3 is 6.09 Å². The maximum absolute atomic E-state index is 14.7. The van der Waals surface area contributed by atoms with Crippen LogP contribution < -0.4 is 10.6 Å². The van der Waals surface area contributed by atoms with Crippen molar-refractivity contribution in [2.75, 3.05) is 47.0 Å². The first-order valence-electron chi connectivity index (χ1n) is 12.4. The molecule has 1 aliphatic heterocycles. The third kappa shape index (κ3) is 8.67. The lowest BCUT2D eigenvalue weighted by Crippen LogP contribution is -2.41. The molecule has 202 valence electrons. The number of amides is 2. The summed E-state index contributed by atoms with van der Waals surface area (Å²) in [7, 11) is 3.29. The SMILES string of the molecule is CNC(CNC(=O)c1cc(C(OCCN(C)C(=O)O)c2cccc(Cl)c2)ccc1F)CC1CCCOC1. The van der Waals surface area contributed by atoms with Crippen LogP contribution in [-0.4, -0.2) is 75.1 Å². The molecule has 0 aliphatic carbocycles. The summed E-state index contributed by atoms with van der Waals surface area (Å²) in [5.74, 6) is -0.729. The van der Waals surface area contributed by atoms with Crippen LogP contribution in [0.3, 0.4) is 0 Å². The predicted molar refractivity (Wildman–Crippen MR) is 140 cm³/mol. The van der Waals surface area contributed by atoms with Crippen molar-refractivity contribution in [3.05, 3.63) is 70.0 Å². The van der Waals surface area contributed by atoms with Crippen LogP contribution in [0.5, 0.6) is 0 Å². The summed E-state index contributed by atoms with van der Waals surface area (Å²) in [4.78, 5) is 25.2. The molecule has 37 heavy (non-hydrogen) atoms. The molecule has 2 aromatic rings. The maximum atomic E-state index is 14.7. The van der Waals surface area contributed by atoms with E-state index in [9.17, 15) is 14.0 Å². The highest BCUT2D eigenvalue weighted by Gasteiger charge is 2.22. The average molecular weight is 536 g/mol. The van der Waals surface area contributed by atoms with Gasteiger partial charge in [-0.25, -0.2) is 9.18 Å². The largest absolute Gasteiger partial charge is 0.465 e. The Bertz CT molecular complexity index is 1050. The molecule has 1 aliphatic rings. The monoisotopic (exact) mass is 535 g/mol. The number of hydrogen-bond acceptors (Lipinski definition) is 5. The predicted octanol–water partition coefficient (Wildman–Crippen LogP) is 4.33. The van der Waals surface area contributed by atoms with Crippen LogP contribution in [0.25, 0.3) is 0 Å². The summed E-state index contributed by atoms with van der Waals surface area (Å²) in [5.41, 5.74) is 1.16. The van der Waals surface area contributed by atoms with Gasteiger partial charge in [-0.15, -0.1) is 0 Å². The molecule has 0 aromatic heterocycles. The van der Waals surface area contributed by atoms with E-state index in [-0.39, 0.29) is 24.8 Å². The van der Waals surface area contributed by atoms with Crippen LogP contribution in [-0.2, 0) is 9.47 Å². The Kier molecular flexibility index (Phi) is 11.1. The smallest absolute Gasteiger partial charge is 0.407 e. The van der Waals surface area contributed by atoms with Crippen LogP contribution in [0.4, 0.5) is 9.18 Å². The van der Waals surface area contributed by atoms with E-state index in [1.165, 1.54) is 19.2 Å². The van der Waals surface area contributed by atoms with Crippen LogP contribution in [0.15, 0.2) is 42.5 Å². The van der Waals surface area contributed by atoms with Gasteiger partial charge in [0.2, 0.25) is 0 Å². The van der Waals surface area contributed by atoms with E-state index in [1.807, 2.05) is 13.1 Å². The third-order valence-corrected chi connectivity index (χ3v) is 6.75. The fourth-order valence-corrected chi connectivity index (χ4v) is 4.55. The number of halogens is 2. The zero-order valence-corrected chi connectivity index (χ0v) is 22.0. The van der Waals surface area contributed by atoms with Gasteiger partial charge in [0.15, 0.2) is 0 Å². The van der Waals surface area contributed by atoms with E-state index in [4.69, 9.17) is 26.2 Å². The summed E-state index contributed by atoms with van der Waals surface area (Å²) in [5, 5.41) is 15.7. The second-order valence-electron chi connectivity index (χ2n) is 9.26. The van der Waals surface area contributed by atoms with Gasteiger partial charge in [-0.3, -0.25) is 4.79 Å². The van der Waals surface area contributed by atoms with Gasteiger partial charge in [-0.05, 0) is 67.6 Å². The van der Waals surface area contributed by atoms with Crippen LogP contribution in [0.2, 0.25) is 5.02 Å². The summed E-state index contributed by atoms with van der Waals surface area (Å²) >= 11 is 6.18. The van der Waals surface area contributed by atoms with Crippen molar-refractivity contribution in [3.63, 3.8) is 0 Å². The van der Waals surface area contributed by atoms with Crippen molar-refractivity contribution in [3.8, 4) is 0 Å². The molecule has 1 saturated heterocycles. The first-order valence-corrected chi connectivity index (χ1v) is 12.8. The molecule has 0 saturated carbocycles. The van der Waals surface area contributed by atoms with Gasteiger partial charge in [0.1, 0.15) is 11.9 Å². The number of nitrogens with one attached hydrogen (secondary N) is 2. The highest BCUT2D eigenvalue weighted by Crippen LogP contribution is 2.29. The number of carboxylic acid groups (broad SMARTS) is 1. The Morgan fingerprint density at radius 2 is 2.05 bits per heavy atom. The number of hydrogen-bond donors (Lipinski definition) is 3. The number of ether oxygens (including phenoxy) is 2. The standard InChI is InChI=1S/C27H35ClFN3O5/c1-30-22(13-18-5-4-11-36-17-18)16-31-26(33)23-15-20(8-9-24(23)29)25(19-6-3-7-21(28)14-19)37-12-10-32(2)27(34)35/h3,6-9,14-15,18,22,25,30H,4-5,10-13,16-17H2,1-2H3,(H,31,33)(H,34,35). The Morgan fingerprint density at radius 3 is 2.73 bits per heavy atom. The topological polar surface area (TPSA) is 100 Å². The molecular weight excluding hydrogens is 501 g/mol. The lowest BCUT2D eigenvalue weighted by molar-refractivity contribution is 0.0478. The molecule has 3 N–H and O–H groups in total. The Hall–Kier alpha value is -2.72. The molecule has 2 amide bonds. The van der Waals surface area contributed by atoms with Gasteiger partial charge < -0.3 is 30.1 Å². The molecule has 8 nitrogen and oxygen atoms in total. The molecule has 2 aromatic carbocycles. The fourth-order valence-electron chi connectivity index (χ4n) is 4.35. The van der Waals surface area contributed by atoms with Gasteiger partial charge in [0.05, 0.1) is 12.2 Å². The number of nitrogens with zero attached hydrogens (tertiary/aromatic N) is 1. The van der Waals surface area contributed by atoms with Crippen molar-refractivity contribution in [1.82, 2.24) is 15.5 Å². The van der Waals surface area contributed by atoms with Crippen LogP contribution in [0.1, 0.15) is 46.9 Å². The summed E-state index contributed by atoms with van der Waals surface area (Å²) < 4.78 is 26.3. The van der Waals surface area contributed by atoms with Gasteiger partial charge in [-0.2, -0.15) is 0 Å². The van der Waals surface area contributed by atoms with Crippen molar-refractivity contribution in [2.45, 2.75) is 31.4 Å². The van der Waals surface area contributed by atoms with Crippen LogP contribution in [0, 0.1) is 11.7 Å². The summed E-state index contributed by atoms with van der Waals surface area (Å²) in [6, 6.07) is 11.3. The number of carbonyl (C=O) groups excluding carboxylic acids is 1. The third-order valence-electron chi connectivity index (χ3n) is 6.52. The lowest BCUT2D eigenvalue weighted by atomic mass is 9.94. The second-order valence-corrected chi connectivity index (χ2v) is 9.70. The Balaban J connectivity index is 1.74. The van der Waals surface area contributed by atoms with Crippen molar-refractivity contribution < 1.29 is 28.6 Å². The maximum Gasteiger partial charge on any atom is 0.407 e. The molecule has 1 fully saturated rings. The van der Waals surface area contributed by atoms with E-state index in [1.54, 1.807) is 24.3 Å². The average Bonchev–Trinajstić information content (AvgIpc) is 2.89. The van der Waals surface area contributed by atoms with Crippen molar-refractivity contribution in [2.24, 2.45) is 5.92 Å². The normalized spacial score (nSPS) is 17.1. The van der Waals surface area contributed by atoms with Crippen LogP contribution >= 0.6 is 11.6 Å². The van der Waals surface area contributed by atoms with Crippen molar-refractivity contribution >= 4 is 23.6 Å². The summed E-state index contributed by atoms with van der Waals surface area (Å²) in [6.07, 6.45) is 1.24. The molecule has 1 heterocycles. The Morgan fingerprint density at radius 1 is 1.27 bits per heavy atom. The van der Waals surface area contributed by atoms with E-state index in [0.29, 0.717) is 28.6 Å². The molecule has 3 rings (SSSR count).